The zero-order valence-electron chi connectivity index (χ0n) is 14.9. The van der Waals surface area contributed by atoms with Gasteiger partial charge in [0.15, 0.2) is 0 Å². The molecule has 0 heterocycles. The van der Waals surface area contributed by atoms with E-state index in [1.54, 1.807) is 0 Å². The average molecular weight is 331 g/mol. The van der Waals surface area contributed by atoms with Crippen LogP contribution >= 0.6 is 11.8 Å². The minimum atomic E-state index is 0.112. The number of thioether (sulfide) groups is 1. The van der Waals surface area contributed by atoms with Crippen molar-refractivity contribution in [3.63, 3.8) is 0 Å². The number of hydrogen-bond donors (Lipinski definition) is 1. The van der Waals surface area contributed by atoms with Gasteiger partial charge in [0, 0.05) is 10.1 Å². The van der Waals surface area contributed by atoms with Crippen LogP contribution in [0.2, 0.25) is 0 Å². The molecule has 1 rings (SSSR count). The Balaban J connectivity index is 2.69. The summed E-state index contributed by atoms with van der Waals surface area (Å²) in [6.07, 6.45) is 9.82. The largest absolute Gasteiger partial charge is 0.392 e. The third-order valence-corrected chi connectivity index (χ3v) is 5.11. The zero-order valence-corrected chi connectivity index (χ0v) is 15.7. The monoisotopic (exact) mass is 330 g/mol. The molecule has 0 spiro atoms. The number of allylic oxidation sites excluding steroid dienone is 4. The first-order chi connectivity index (χ1) is 11.0. The van der Waals surface area contributed by atoms with E-state index in [1.165, 1.54) is 21.6 Å². The van der Waals surface area contributed by atoms with Gasteiger partial charge >= 0.3 is 0 Å². The first kappa shape index (κ1) is 19.8. The molecular formula is C21H30OS. The summed E-state index contributed by atoms with van der Waals surface area (Å²) in [5.74, 6) is 0. The molecule has 0 fully saturated rings. The maximum atomic E-state index is 9.19. The van der Waals surface area contributed by atoms with Crippen LogP contribution in [0.4, 0.5) is 0 Å². The smallest absolute Gasteiger partial charge is 0.0615 e. The van der Waals surface area contributed by atoms with Crippen molar-refractivity contribution in [2.24, 2.45) is 0 Å². The van der Waals surface area contributed by atoms with E-state index in [0.29, 0.717) is 5.25 Å². The van der Waals surface area contributed by atoms with Crippen LogP contribution in [-0.2, 0) is 0 Å². The lowest BCUT2D eigenvalue weighted by Crippen LogP contribution is -2.04. The molecule has 0 aliphatic carbocycles. The topological polar surface area (TPSA) is 20.2 Å². The standard InChI is InChI=1S/C21H30OS/c1-17(2)9-8-10-18(3)13-14-21(19(4)15-16-22)23-20-11-6-5-7-12-20/h5-7,9,11-13,15,21-22H,8,10,14,16H2,1-4H3/b18-13-,19-15-. The summed E-state index contributed by atoms with van der Waals surface area (Å²) in [6.45, 7) is 8.74. The van der Waals surface area contributed by atoms with Crippen molar-refractivity contribution >= 4 is 11.8 Å². The van der Waals surface area contributed by atoms with Crippen LogP contribution in [0.5, 0.6) is 0 Å². The molecule has 0 saturated carbocycles. The number of aliphatic hydroxyl groups excluding tert-OH is 1. The Labute approximate surface area is 146 Å². The summed E-state index contributed by atoms with van der Waals surface area (Å²) in [6, 6.07) is 10.5. The molecule has 1 unspecified atom stereocenters. The second kappa shape index (κ2) is 11.3. The Bertz CT molecular complexity index is 536. The third-order valence-electron chi connectivity index (χ3n) is 3.71. The number of aliphatic hydroxyl groups is 1. The summed E-state index contributed by atoms with van der Waals surface area (Å²) in [5, 5.41) is 9.57. The van der Waals surface area contributed by atoms with Crippen LogP contribution in [0.15, 0.2) is 70.2 Å². The molecule has 0 aliphatic heterocycles. The van der Waals surface area contributed by atoms with Crippen molar-refractivity contribution in [1.82, 2.24) is 0 Å². The summed E-state index contributed by atoms with van der Waals surface area (Å²) >= 11 is 1.87. The minimum Gasteiger partial charge on any atom is -0.392 e. The highest BCUT2D eigenvalue weighted by molar-refractivity contribution is 8.00. The maximum Gasteiger partial charge on any atom is 0.0615 e. The molecule has 1 aromatic rings. The Morgan fingerprint density at radius 3 is 2.35 bits per heavy atom. The van der Waals surface area contributed by atoms with Gasteiger partial charge in [-0.05, 0) is 59.1 Å². The molecular weight excluding hydrogens is 300 g/mol. The van der Waals surface area contributed by atoms with E-state index in [0.717, 1.165) is 19.3 Å². The van der Waals surface area contributed by atoms with Crippen molar-refractivity contribution in [1.29, 1.82) is 0 Å². The van der Waals surface area contributed by atoms with Gasteiger partial charge in [-0.3, -0.25) is 0 Å². The van der Waals surface area contributed by atoms with Crippen LogP contribution in [0.25, 0.3) is 0 Å². The molecule has 2 heteroatoms. The van der Waals surface area contributed by atoms with Crippen molar-refractivity contribution in [2.75, 3.05) is 6.61 Å². The first-order valence-electron chi connectivity index (χ1n) is 8.31. The molecule has 1 N–H and O–H groups in total. The van der Waals surface area contributed by atoms with Gasteiger partial charge < -0.3 is 5.11 Å². The van der Waals surface area contributed by atoms with E-state index in [4.69, 9.17) is 0 Å². The first-order valence-corrected chi connectivity index (χ1v) is 9.19. The van der Waals surface area contributed by atoms with Crippen LogP contribution in [0.1, 0.15) is 47.0 Å². The molecule has 0 aromatic heterocycles. The molecule has 0 bridgehead atoms. The lowest BCUT2D eigenvalue weighted by molar-refractivity contribution is 0.341. The van der Waals surface area contributed by atoms with Crippen LogP contribution < -0.4 is 0 Å². The fourth-order valence-electron chi connectivity index (χ4n) is 2.26. The van der Waals surface area contributed by atoms with E-state index in [2.05, 4.69) is 64.1 Å². The van der Waals surface area contributed by atoms with Crippen molar-refractivity contribution in [3.8, 4) is 0 Å². The van der Waals surface area contributed by atoms with Crippen LogP contribution in [0.3, 0.4) is 0 Å². The number of hydrogen-bond acceptors (Lipinski definition) is 2. The van der Waals surface area contributed by atoms with E-state index in [1.807, 2.05) is 23.9 Å². The Morgan fingerprint density at radius 2 is 1.74 bits per heavy atom. The summed E-state index contributed by atoms with van der Waals surface area (Å²) in [5.41, 5.74) is 4.07. The Hall–Kier alpha value is -1.25. The molecule has 0 amide bonds. The predicted octanol–water partition coefficient (Wildman–Crippen LogP) is 6.17. The molecule has 0 saturated heterocycles. The summed E-state index contributed by atoms with van der Waals surface area (Å²) in [4.78, 5) is 1.28. The fraction of sp³-hybridized carbons (Fsp3) is 0.429. The van der Waals surface area contributed by atoms with Gasteiger partial charge in [0.05, 0.1) is 6.61 Å². The van der Waals surface area contributed by atoms with Gasteiger partial charge in [-0.1, -0.05) is 53.1 Å². The Kier molecular flexibility index (Phi) is 9.74. The molecule has 23 heavy (non-hydrogen) atoms. The van der Waals surface area contributed by atoms with Crippen molar-refractivity contribution in [3.05, 3.63) is 65.3 Å². The number of benzene rings is 1. The van der Waals surface area contributed by atoms with Crippen LogP contribution in [0, 0.1) is 0 Å². The quantitative estimate of drug-likeness (QED) is 0.431. The molecule has 1 nitrogen and oxygen atoms in total. The van der Waals surface area contributed by atoms with E-state index < -0.39 is 0 Å². The summed E-state index contributed by atoms with van der Waals surface area (Å²) < 4.78 is 0. The van der Waals surface area contributed by atoms with Gasteiger partial charge in [0.2, 0.25) is 0 Å². The third kappa shape index (κ3) is 8.83. The minimum absolute atomic E-state index is 0.112. The van der Waals surface area contributed by atoms with E-state index in [-0.39, 0.29) is 6.61 Å². The molecule has 0 radical (unpaired) electrons. The second-order valence-corrected chi connectivity index (χ2v) is 7.43. The maximum absolute atomic E-state index is 9.19. The van der Waals surface area contributed by atoms with Gasteiger partial charge in [0.1, 0.15) is 0 Å². The van der Waals surface area contributed by atoms with Gasteiger partial charge in [0.25, 0.3) is 0 Å². The van der Waals surface area contributed by atoms with E-state index >= 15 is 0 Å². The summed E-state index contributed by atoms with van der Waals surface area (Å²) in [7, 11) is 0. The van der Waals surface area contributed by atoms with Gasteiger partial charge in [-0.25, -0.2) is 0 Å². The fourth-order valence-corrected chi connectivity index (χ4v) is 3.38. The molecule has 1 atom stereocenters. The molecule has 1 aromatic carbocycles. The van der Waals surface area contributed by atoms with Gasteiger partial charge in [-0.15, -0.1) is 11.8 Å². The normalized spacial score (nSPS) is 13.8. The lowest BCUT2D eigenvalue weighted by atomic mass is 10.1. The van der Waals surface area contributed by atoms with Crippen molar-refractivity contribution < 1.29 is 5.11 Å². The molecule has 126 valence electrons. The highest BCUT2D eigenvalue weighted by Gasteiger charge is 2.11. The predicted molar refractivity (Wildman–Crippen MR) is 104 cm³/mol. The lowest BCUT2D eigenvalue weighted by Gasteiger charge is -2.16. The average Bonchev–Trinajstić information content (AvgIpc) is 2.52. The highest BCUT2D eigenvalue weighted by atomic mass is 32.2. The second-order valence-electron chi connectivity index (χ2n) is 6.16. The number of rotatable bonds is 9. The zero-order chi connectivity index (χ0) is 17.1. The molecule has 0 aliphatic rings. The highest BCUT2D eigenvalue weighted by Crippen LogP contribution is 2.30. The van der Waals surface area contributed by atoms with Crippen LogP contribution in [-0.4, -0.2) is 17.0 Å². The van der Waals surface area contributed by atoms with Gasteiger partial charge in [-0.2, -0.15) is 0 Å². The van der Waals surface area contributed by atoms with E-state index in [9.17, 15) is 5.11 Å². The Morgan fingerprint density at radius 1 is 1.04 bits per heavy atom. The van der Waals surface area contributed by atoms with Crippen molar-refractivity contribution in [2.45, 2.75) is 57.1 Å². The SMILES string of the molecule is CC(C)=CCC/C(C)=C\CC(Sc1ccccc1)/C(C)=C\CO.